The molecule has 4 aromatic rings. The van der Waals surface area contributed by atoms with Crippen molar-refractivity contribution in [1.82, 2.24) is 9.97 Å². The first-order valence-electron chi connectivity index (χ1n) is 12.0. The van der Waals surface area contributed by atoms with Gasteiger partial charge in [0.2, 0.25) is 18.6 Å². The molecule has 204 valence electrons. The second kappa shape index (κ2) is 10.5. The summed E-state index contributed by atoms with van der Waals surface area (Å²) in [6.07, 6.45) is -1.45. The predicted molar refractivity (Wildman–Crippen MR) is 136 cm³/mol. The van der Waals surface area contributed by atoms with Gasteiger partial charge in [0.15, 0.2) is 11.6 Å². The van der Waals surface area contributed by atoms with Crippen LogP contribution in [0.1, 0.15) is 33.5 Å². The van der Waals surface area contributed by atoms with Crippen LogP contribution in [0.25, 0.3) is 17.3 Å². The molecule has 0 amide bonds. The topological polar surface area (TPSA) is 64.3 Å². The van der Waals surface area contributed by atoms with Gasteiger partial charge < -0.3 is 9.47 Å². The maximum Gasteiger partial charge on any atom is 0.418 e. The number of halogens is 5. The summed E-state index contributed by atoms with van der Waals surface area (Å²) in [5, 5.41) is 0. The molecule has 0 saturated heterocycles. The number of ether oxygens (including phenoxy) is 2. The molecule has 40 heavy (non-hydrogen) atoms. The van der Waals surface area contributed by atoms with Crippen LogP contribution < -0.4 is 9.47 Å². The Morgan fingerprint density at radius 2 is 1.75 bits per heavy atom. The Balaban J connectivity index is 1.68. The Kier molecular flexibility index (Phi) is 7.05. The minimum absolute atomic E-state index is 0.0251. The molecular formula is C29H21F5N3O3+. The van der Waals surface area contributed by atoms with Gasteiger partial charge in [0.05, 0.1) is 28.1 Å². The minimum atomic E-state index is -4.74. The summed E-state index contributed by atoms with van der Waals surface area (Å²) in [6, 6.07) is 12.6. The standard InChI is InChI=1S/C29H21F5N3O3/c1-16-20(29(32,33)34)13-35-28(40-24-9-8-21(30)27(31)17(24)2)26(16)23-12-25(39-15-18-6-4-3-5-7-18)19-14-37(38)11-10-22(19)36-23/h3-13H,14-15H2,1-2H3/q+1. The monoisotopic (exact) mass is 554 g/mol. The van der Waals surface area contributed by atoms with E-state index in [0.717, 1.165) is 17.7 Å². The van der Waals surface area contributed by atoms with E-state index in [4.69, 9.17) is 9.47 Å². The highest BCUT2D eigenvalue weighted by atomic mass is 19.4. The van der Waals surface area contributed by atoms with Crippen molar-refractivity contribution in [3.8, 4) is 28.6 Å². The van der Waals surface area contributed by atoms with Crippen LogP contribution in [-0.4, -0.2) is 14.7 Å². The van der Waals surface area contributed by atoms with Gasteiger partial charge in [-0.2, -0.15) is 13.2 Å². The Bertz CT molecular complexity index is 1650. The number of alkyl halides is 3. The molecule has 6 nitrogen and oxygen atoms in total. The van der Waals surface area contributed by atoms with E-state index in [1.807, 2.05) is 30.3 Å². The zero-order chi connectivity index (χ0) is 28.6. The molecule has 0 atom stereocenters. The highest BCUT2D eigenvalue weighted by Crippen LogP contribution is 2.43. The van der Waals surface area contributed by atoms with E-state index in [9.17, 15) is 26.9 Å². The number of hydrogen-bond acceptors (Lipinski definition) is 5. The van der Waals surface area contributed by atoms with Crippen molar-refractivity contribution in [2.45, 2.75) is 33.2 Å². The molecule has 0 spiro atoms. The van der Waals surface area contributed by atoms with Gasteiger partial charge in [0.25, 0.3) is 0 Å². The van der Waals surface area contributed by atoms with E-state index in [-0.39, 0.29) is 52.9 Å². The normalized spacial score (nSPS) is 12.8. The molecule has 5 rings (SSSR count). The summed E-state index contributed by atoms with van der Waals surface area (Å²) >= 11 is 0. The molecule has 0 unspecified atom stereocenters. The lowest BCUT2D eigenvalue weighted by atomic mass is 9.99. The van der Waals surface area contributed by atoms with Crippen molar-refractivity contribution in [1.29, 1.82) is 0 Å². The molecule has 0 aliphatic carbocycles. The molecule has 0 saturated carbocycles. The number of benzene rings is 2. The van der Waals surface area contributed by atoms with Gasteiger partial charge in [-0.25, -0.2) is 18.7 Å². The third-order valence-electron chi connectivity index (χ3n) is 6.43. The molecule has 2 aromatic heterocycles. The smallest absolute Gasteiger partial charge is 0.418 e. The Labute approximate surface area is 225 Å². The van der Waals surface area contributed by atoms with E-state index in [1.54, 1.807) is 0 Å². The number of pyridine rings is 2. The second-order valence-electron chi connectivity index (χ2n) is 9.10. The van der Waals surface area contributed by atoms with Crippen LogP contribution in [0.4, 0.5) is 22.0 Å². The van der Waals surface area contributed by atoms with Gasteiger partial charge in [-0.15, -0.1) is 0 Å². The minimum Gasteiger partial charge on any atom is -0.488 e. The maximum atomic E-state index is 14.2. The van der Waals surface area contributed by atoms with Crippen molar-refractivity contribution >= 4 is 6.08 Å². The molecular weight excluding hydrogens is 533 g/mol. The van der Waals surface area contributed by atoms with Crippen LogP contribution in [0.15, 0.2) is 60.9 Å². The molecule has 3 heterocycles. The number of aromatic nitrogens is 2. The zero-order valence-corrected chi connectivity index (χ0v) is 21.2. The Hall–Kier alpha value is -4.67. The van der Waals surface area contributed by atoms with E-state index in [0.29, 0.717) is 22.2 Å². The van der Waals surface area contributed by atoms with Crippen molar-refractivity contribution < 1.29 is 36.2 Å². The van der Waals surface area contributed by atoms with Crippen molar-refractivity contribution in [2.24, 2.45) is 0 Å². The van der Waals surface area contributed by atoms with E-state index in [1.165, 1.54) is 32.2 Å². The quantitative estimate of drug-likeness (QED) is 0.181. The molecule has 0 fully saturated rings. The van der Waals surface area contributed by atoms with Crippen LogP contribution in [0, 0.1) is 30.4 Å². The molecule has 0 N–H and O–H groups in total. The molecule has 1 aliphatic rings. The molecule has 1 aliphatic heterocycles. The fourth-order valence-corrected chi connectivity index (χ4v) is 4.31. The fraction of sp³-hybridized carbons (Fsp3) is 0.172. The summed E-state index contributed by atoms with van der Waals surface area (Å²) in [5.41, 5.74) is 0.0483. The lowest BCUT2D eigenvalue weighted by molar-refractivity contribution is -0.496. The lowest BCUT2D eigenvalue weighted by Gasteiger charge is -2.20. The number of rotatable bonds is 6. The molecule has 2 aromatic carbocycles. The zero-order valence-electron chi connectivity index (χ0n) is 21.2. The van der Waals surface area contributed by atoms with Crippen LogP contribution in [0.2, 0.25) is 0 Å². The highest BCUT2D eigenvalue weighted by molar-refractivity contribution is 5.74. The van der Waals surface area contributed by atoms with Gasteiger partial charge in [-0.3, -0.25) is 0 Å². The van der Waals surface area contributed by atoms with E-state index in [2.05, 4.69) is 9.97 Å². The van der Waals surface area contributed by atoms with Crippen LogP contribution >= 0.6 is 0 Å². The Morgan fingerprint density at radius 3 is 2.48 bits per heavy atom. The second-order valence-corrected chi connectivity index (χ2v) is 9.10. The number of nitroso groups, excluding NO2 is 1. The van der Waals surface area contributed by atoms with Gasteiger partial charge in [0, 0.05) is 33.6 Å². The first-order valence-corrected chi connectivity index (χ1v) is 12.0. The summed E-state index contributed by atoms with van der Waals surface area (Å²) in [6.45, 7) is 2.55. The van der Waals surface area contributed by atoms with Crippen LogP contribution in [0.5, 0.6) is 17.4 Å². The fourth-order valence-electron chi connectivity index (χ4n) is 4.31. The molecule has 11 heteroatoms. The van der Waals surface area contributed by atoms with Crippen LogP contribution in [-0.2, 0) is 19.3 Å². The SMILES string of the molecule is Cc1c(Oc2ncc(C(F)(F)F)c(C)c2-c2cc(OCc3ccccc3)c3c(n2)C=C[N+](=O)C3)ccc(F)c1F. The van der Waals surface area contributed by atoms with E-state index >= 15 is 0 Å². The first-order chi connectivity index (χ1) is 19.0. The van der Waals surface area contributed by atoms with Crippen molar-refractivity contribution in [2.75, 3.05) is 0 Å². The predicted octanol–water partition coefficient (Wildman–Crippen LogP) is 7.69. The third-order valence-corrected chi connectivity index (χ3v) is 6.43. The highest BCUT2D eigenvalue weighted by Gasteiger charge is 2.36. The largest absolute Gasteiger partial charge is 0.488 e. The Morgan fingerprint density at radius 1 is 1.00 bits per heavy atom. The average molecular weight is 554 g/mol. The molecule has 0 radical (unpaired) electrons. The lowest BCUT2D eigenvalue weighted by Crippen LogP contribution is -2.13. The maximum absolute atomic E-state index is 14.2. The first kappa shape index (κ1) is 26.9. The summed E-state index contributed by atoms with van der Waals surface area (Å²) < 4.78 is 82.1. The van der Waals surface area contributed by atoms with Gasteiger partial charge in [0.1, 0.15) is 18.1 Å². The van der Waals surface area contributed by atoms with E-state index < -0.39 is 23.4 Å². The van der Waals surface area contributed by atoms with Crippen LogP contribution in [0.3, 0.4) is 0 Å². The summed E-state index contributed by atoms with van der Waals surface area (Å²) in [4.78, 5) is 20.5. The number of fused-ring (bicyclic) bond motifs is 1. The van der Waals surface area contributed by atoms with Gasteiger partial charge in [-0.1, -0.05) is 30.3 Å². The summed E-state index contributed by atoms with van der Waals surface area (Å²) in [7, 11) is 0. The average Bonchev–Trinajstić information content (AvgIpc) is 2.92. The number of hydrogen-bond donors (Lipinski definition) is 0. The van der Waals surface area contributed by atoms with Crippen molar-refractivity contribution in [3.05, 3.63) is 111 Å². The van der Waals surface area contributed by atoms with Gasteiger partial charge in [-0.05, 0) is 37.1 Å². The van der Waals surface area contributed by atoms with Crippen molar-refractivity contribution in [3.63, 3.8) is 0 Å². The molecule has 0 bridgehead atoms. The summed E-state index contributed by atoms with van der Waals surface area (Å²) in [5.74, 6) is -2.45. The third kappa shape index (κ3) is 5.27. The van der Waals surface area contributed by atoms with Gasteiger partial charge >= 0.3 is 6.18 Å². The number of nitrogens with zero attached hydrogens (tertiary/aromatic N) is 3.